The van der Waals surface area contributed by atoms with Crippen molar-refractivity contribution in [2.45, 2.75) is 0 Å². The molecule has 1 aromatic heterocycles. The van der Waals surface area contributed by atoms with Crippen molar-refractivity contribution in [1.82, 2.24) is 0 Å². The van der Waals surface area contributed by atoms with E-state index in [2.05, 4.69) is 0 Å². The predicted octanol–water partition coefficient (Wildman–Crippen LogP) is 3.65. The molecular weight excluding hydrogens is 202 g/mol. The van der Waals surface area contributed by atoms with E-state index in [0.717, 1.165) is 21.2 Å². The molecule has 0 saturated heterocycles. The van der Waals surface area contributed by atoms with Gasteiger partial charge in [-0.2, -0.15) is 0 Å². The van der Waals surface area contributed by atoms with E-state index in [4.69, 9.17) is 17.3 Å². The minimum Gasteiger partial charge on any atom is -0.390 e. The lowest BCUT2D eigenvalue weighted by Crippen LogP contribution is -1.82. The van der Waals surface area contributed by atoms with Crippen molar-refractivity contribution >= 4 is 27.9 Å². The molecule has 0 radical (unpaired) electrons. The third kappa shape index (κ3) is 1.69. The Bertz CT molecular complexity index is 422. The zero-order valence-corrected chi connectivity index (χ0v) is 8.40. The Morgan fingerprint density at radius 3 is 2.69 bits per heavy atom. The fourth-order valence-electron chi connectivity index (χ4n) is 1.22. The van der Waals surface area contributed by atoms with Crippen LogP contribution in [0, 0.1) is 0 Å². The number of rotatable bonds is 1. The van der Waals surface area contributed by atoms with Gasteiger partial charge in [-0.05, 0) is 29.1 Å². The zero-order valence-electron chi connectivity index (χ0n) is 6.83. The van der Waals surface area contributed by atoms with Crippen LogP contribution in [-0.4, -0.2) is 0 Å². The molecule has 0 saturated carbocycles. The summed E-state index contributed by atoms with van der Waals surface area (Å²) in [5, 5.41) is 3.55. The second-order valence-corrected chi connectivity index (χ2v) is 4.09. The van der Waals surface area contributed by atoms with Crippen molar-refractivity contribution in [1.29, 1.82) is 0 Å². The summed E-state index contributed by atoms with van der Waals surface area (Å²) < 4.78 is 0. The van der Waals surface area contributed by atoms with Crippen LogP contribution in [0.4, 0.5) is 5.00 Å². The van der Waals surface area contributed by atoms with Crippen molar-refractivity contribution in [3.8, 4) is 11.1 Å². The molecule has 0 aliphatic rings. The van der Waals surface area contributed by atoms with Crippen LogP contribution < -0.4 is 5.73 Å². The second-order valence-electron chi connectivity index (χ2n) is 2.71. The maximum Gasteiger partial charge on any atom is 0.0936 e. The molecule has 0 aliphatic heterocycles. The van der Waals surface area contributed by atoms with Crippen LogP contribution >= 0.6 is 22.9 Å². The van der Waals surface area contributed by atoms with Crippen molar-refractivity contribution in [2.75, 3.05) is 5.73 Å². The summed E-state index contributed by atoms with van der Waals surface area (Å²) in [5.41, 5.74) is 7.94. The molecule has 0 unspecified atom stereocenters. The molecule has 0 fully saturated rings. The first kappa shape index (κ1) is 8.60. The van der Waals surface area contributed by atoms with E-state index in [1.807, 2.05) is 35.7 Å². The number of halogens is 1. The molecule has 2 aromatic rings. The second kappa shape index (κ2) is 3.40. The lowest BCUT2D eigenvalue weighted by atomic mass is 10.1. The fraction of sp³-hybridized carbons (Fsp3) is 0. The smallest absolute Gasteiger partial charge is 0.0936 e. The molecule has 3 heteroatoms. The summed E-state index contributed by atoms with van der Waals surface area (Å²) in [6.45, 7) is 0. The number of nitrogens with two attached hydrogens (primary N) is 1. The van der Waals surface area contributed by atoms with E-state index < -0.39 is 0 Å². The van der Waals surface area contributed by atoms with Gasteiger partial charge in [0.1, 0.15) is 0 Å². The van der Waals surface area contributed by atoms with E-state index in [0.29, 0.717) is 0 Å². The first-order chi connectivity index (χ1) is 6.27. The third-order valence-corrected chi connectivity index (χ3v) is 2.81. The van der Waals surface area contributed by atoms with Crippen LogP contribution in [0.2, 0.25) is 5.02 Å². The van der Waals surface area contributed by atoms with E-state index in [9.17, 15) is 0 Å². The summed E-state index contributed by atoms with van der Waals surface area (Å²) in [5.74, 6) is 0. The van der Waals surface area contributed by atoms with Crippen LogP contribution in [0.25, 0.3) is 11.1 Å². The molecule has 0 aliphatic carbocycles. The number of nitrogen functional groups attached to an aromatic ring is 1. The molecule has 2 N–H and O–H groups in total. The van der Waals surface area contributed by atoms with E-state index >= 15 is 0 Å². The van der Waals surface area contributed by atoms with Gasteiger partial charge in [0.25, 0.3) is 0 Å². The van der Waals surface area contributed by atoms with Crippen LogP contribution in [-0.2, 0) is 0 Å². The molecule has 1 heterocycles. The zero-order chi connectivity index (χ0) is 9.26. The van der Waals surface area contributed by atoms with E-state index in [1.54, 1.807) is 0 Å². The van der Waals surface area contributed by atoms with Gasteiger partial charge in [0.15, 0.2) is 0 Å². The number of hydrogen-bond donors (Lipinski definition) is 1. The van der Waals surface area contributed by atoms with Gasteiger partial charge in [0.2, 0.25) is 0 Å². The minimum absolute atomic E-state index is 0.739. The van der Waals surface area contributed by atoms with Gasteiger partial charge in [-0.15, -0.1) is 11.3 Å². The number of thiophene rings is 1. The van der Waals surface area contributed by atoms with Crippen molar-refractivity contribution < 1.29 is 0 Å². The summed E-state index contributed by atoms with van der Waals surface area (Å²) in [6.07, 6.45) is 0. The molecule has 1 aromatic carbocycles. The molecule has 0 bridgehead atoms. The van der Waals surface area contributed by atoms with Gasteiger partial charge in [-0.3, -0.25) is 0 Å². The normalized spacial score (nSPS) is 10.2. The Morgan fingerprint density at radius 2 is 2.08 bits per heavy atom. The molecule has 0 spiro atoms. The highest BCUT2D eigenvalue weighted by Gasteiger charge is 2.02. The topological polar surface area (TPSA) is 26.0 Å². The lowest BCUT2D eigenvalue weighted by molar-refractivity contribution is 1.67. The molecule has 13 heavy (non-hydrogen) atoms. The number of hydrogen-bond acceptors (Lipinski definition) is 2. The lowest BCUT2D eigenvalue weighted by Gasteiger charge is -1.99. The standard InChI is InChI=1S/C10H8ClNS/c11-8-3-1-2-7(6-8)9-4-5-13-10(9)12/h1-6H,12H2. The largest absolute Gasteiger partial charge is 0.390 e. The molecule has 1 nitrogen and oxygen atoms in total. The summed E-state index contributed by atoms with van der Waals surface area (Å²) >= 11 is 7.42. The maximum absolute atomic E-state index is 5.88. The maximum atomic E-state index is 5.88. The molecule has 2 rings (SSSR count). The van der Waals surface area contributed by atoms with Gasteiger partial charge in [-0.25, -0.2) is 0 Å². The number of anilines is 1. The Labute approximate surface area is 85.8 Å². The monoisotopic (exact) mass is 209 g/mol. The van der Waals surface area contributed by atoms with Crippen molar-refractivity contribution in [3.63, 3.8) is 0 Å². The van der Waals surface area contributed by atoms with Crippen molar-refractivity contribution in [3.05, 3.63) is 40.7 Å². The Morgan fingerprint density at radius 1 is 1.23 bits per heavy atom. The van der Waals surface area contributed by atoms with Gasteiger partial charge in [0, 0.05) is 10.6 Å². The summed E-state index contributed by atoms with van der Waals surface area (Å²) in [4.78, 5) is 0. The number of benzene rings is 1. The summed E-state index contributed by atoms with van der Waals surface area (Å²) in [6, 6.07) is 9.71. The average Bonchev–Trinajstić information content (AvgIpc) is 2.51. The van der Waals surface area contributed by atoms with Crippen LogP contribution in [0.3, 0.4) is 0 Å². The van der Waals surface area contributed by atoms with Gasteiger partial charge < -0.3 is 5.73 Å². The molecule has 66 valence electrons. The highest BCUT2D eigenvalue weighted by molar-refractivity contribution is 7.14. The first-order valence-corrected chi connectivity index (χ1v) is 5.12. The van der Waals surface area contributed by atoms with Crippen molar-refractivity contribution in [2.24, 2.45) is 0 Å². The Hall–Kier alpha value is -0.990. The van der Waals surface area contributed by atoms with Crippen LogP contribution in [0.5, 0.6) is 0 Å². The average molecular weight is 210 g/mol. The van der Waals surface area contributed by atoms with E-state index in [1.165, 1.54) is 11.3 Å². The van der Waals surface area contributed by atoms with Crippen LogP contribution in [0.15, 0.2) is 35.7 Å². The SMILES string of the molecule is Nc1sccc1-c1cccc(Cl)c1. The highest BCUT2D eigenvalue weighted by atomic mass is 35.5. The van der Waals surface area contributed by atoms with Gasteiger partial charge in [0.05, 0.1) is 5.00 Å². The minimum atomic E-state index is 0.739. The Balaban J connectivity index is 2.53. The Kier molecular flexibility index (Phi) is 2.25. The quantitative estimate of drug-likeness (QED) is 0.763. The van der Waals surface area contributed by atoms with Gasteiger partial charge >= 0.3 is 0 Å². The molecular formula is C10H8ClNS. The van der Waals surface area contributed by atoms with E-state index in [-0.39, 0.29) is 0 Å². The predicted molar refractivity (Wildman–Crippen MR) is 59.2 cm³/mol. The molecule has 0 amide bonds. The first-order valence-electron chi connectivity index (χ1n) is 3.86. The van der Waals surface area contributed by atoms with Gasteiger partial charge in [-0.1, -0.05) is 23.7 Å². The summed E-state index contributed by atoms with van der Waals surface area (Å²) in [7, 11) is 0. The fourth-order valence-corrected chi connectivity index (χ4v) is 2.07. The third-order valence-electron chi connectivity index (χ3n) is 1.83. The van der Waals surface area contributed by atoms with Crippen LogP contribution in [0.1, 0.15) is 0 Å². The highest BCUT2D eigenvalue weighted by Crippen LogP contribution is 2.31. The molecule has 0 atom stereocenters.